The van der Waals surface area contributed by atoms with Gasteiger partial charge in [0.1, 0.15) is 0 Å². The van der Waals surface area contributed by atoms with Crippen LogP contribution in [0.15, 0.2) is 24.3 Å². The van der Waals surface area contributed by atoms with Crippen molar-refractivity contribution < 1.29 is 4.79 Å². The lowest BCUT2D eigenvalue weighted by molar-refractivity contribution is 0.0950. The largest absolute Gasteiger partial charge is 0.305 e. The number of likely N-dealkylation sites (N-methyl/N-ethyl adjacent to an activating group) is 1. The molecule has 20 heavy (non-hydrogen) atoms. The SMILES string of the molecule is CC1CN(C)CCCN1Cc1ccccc1C(=O)NN. The monoisotopic (exact) mass is 276 g/mol. The van der Waals surface area contributed by atoms with Gasteiger partial charge < -0.3 is 4.90 Å². The van der Waals surface area contributed by atoms with E-state index in [9.17, 15) is 4.79 Å². The number of nitrogens with two attached hydrogens (primary N) is 1. The van der Waals surface area contributed by atoms with Gasteiger partial charge in [0.25, 0.3) is 5.91 Å². The predicted octanol–water partition coefficient (Wildman–Crippen LogP) is 0.816. The van der Waals surface area contributed by atoms with Gasteiger partial charge in [0.05, 0.1) is 0 Å². The summed E-state index contributed by atoms with van der Waals surface area (Å²) in [5.41, 5.74) is 3.92. The maximum Gasteiger partial charge on any atom is 0.265 e. The van der Waals surface area contributed by atoms with Crippen LogP contribution in [0.2, 0.25) is 0 Å². The molecule has 1 aliphatic heterocycles. The molecule has 1 heterocycles. The Morgan fingerprint density at radius 3 is 2.90 bits per heavy atom. The lowest BCUT2D eigenvalue weighted by Gasteiger charge is -2.28. The average molecular weight is 276 g/mol. The molecule has 0 radical (unpaired) electrons. The first kappa shape index (κ1) is 15.0. The lowest BCUT2D eigenvalue weighted by atomic mass is 10.1. The molecule has 1 unspecified atom stereocenters. The molecule has 0 aliphatic carbocycles. The van der Waals surface area contributed by atoms with Crippen LogP contribution in [0, 0.1) is 0 Å². The first-order chi connectivity index (χ1) is 9.61. The van der Waals surface area contributed by atoms with Crippen LogP contribution in [-0.4, -0.2) is 48.4 Å². The highest BCUT2D eigenvalue weighted by Gasteiger charge is 2.21. The van der Waals surface area contributed by atoms with E-state index in [2.05, 4.69) is 29.2 Å². The zero-order valence-electron chi connectivity index (χ0n) is 12.3. The Kier molecular flexibility index (Phi) is 5.11. The quantitative estimate of drug-likeness (QED) is 0.487. The van der Waals surface area contributed by atoms with Gasteiger partial charge >= 0.3 is 0 Å². The number of carbonyl (C=O) groups excluding carboxylic acids is 1. The van der Waals surface area contributed by atoms with Crippen molar-refractivity contribution in [1.82, 2.24) is 15.2 Å². The minimum atomic E-state index is -0.222. The van der Waals surface area contributed by atoms with Crippen LogP contribution in [0.1, 0.15) is 29.3 Å². The van der Waals surface area contributed by atoms with E-state index in [0.717, 1.165) is 38.2 Å². The standard InChI is InChI=1S/C15H24N4O/c1-12-10-18(2)8-5-9-19(12)11-13-6-3-4-7-14(13)15(20)17-16/h3-4,6-7,12H,5,8-11,16H2,1-2H3,(H,17,20). The van der Waals surface area contributed by atoms with E-state index in [-0.39, 0.29) is 5.91 Å². The highest BCUT2D eigenvalue weighted by molar-refractivity contribution is 5.95. The van der Waals surface area contributed by atoms with Gasteiger partial charge in [-0.3, -0.25) is 15.1 Å². The summed E-state index contributed by atoms with van der Waals surface area (Å²) < 4.78 is 0. The molecule has 5 nitrogen and oxygen atoms in total. The number of rotatable bonds is 3. The topological polar surface area (TPSA) is 61.6 Å². The molecular weight excluding hydrogens is 252 g/mol. The third kappa shape index (κ3) is 3.56. The molecule has 0 saturated carbocycles. The van der Waals surface area contributed by atoms with E-state index in [1.807, 2.05) is 24.3 Å². The van der Waals surface area contributed by atoms with Crippen LogP contribution in [0.25, 0.3) is 0 Å². The van der Waals surface area contributed by atoms with Crippen molar-refractivity contribution in [1.29, 1.82) is 0 Å². The maximum atomic E-state index is 11.8. The van der Waals surface area contributed by atoms with E-state index in [1.54, 1.807) is 0 Å². The van der Waals surface area contributed by atoms with Crippen molar-refractivity contribution >= 4 is 5.91 Å². The number of nitrogens with zero attached hydrogens (tertiary/aromatic N) is 2. The predicted molar refractivity (Wildman–Crippen MR) is 80.1 cm³/mol. The van der Waals surface area contributed by atoms with E-state index in [4.69, 9.17) is 5.84 Å². The van der Waals surface area contributed by atoms with Gasteiger partial charge in [0.2, 0.25) is 0 Å². The van der Waals surface area contributed by atoms with Crippen molar-refractivity contribution in [2.24, 2.45) is 5.84 Å². The Hall–Kier alpha value is -1.43. The Morgan fingerprint density at radius 1 is 1.40 bits per heavy atom. The number of amides is 1. The summed E-state index contributed by atoms with van der Waals surface area (Å²) in [6.45, 7) is 6.28. The van der Waals surface area contributed by atoms with Crippen LogP contribution >= 0.6 is 0 Å². The fourth-order valence-electron chi connectivity index (χ4n) is 2.83. The van der Waals surface area contributed by atoms with Gasteiger partial charge in [-0.2, -0.15) is 0 Å². The smallest absolute Gasteiger partial charge is 0.265 e. The molecule has 110 valence electrons. The summed E-state index contributed by atoms with van der Waals surface area (Å²) in [6, 6.07) is 8.15. The van der Waals surface area contributed by atoms with Crippen molar-refractivity contribution in [3.05, 3.63) is 35.4 Å². The summed E-state index contributed by atoms with van der Waals surface area (Å²) in [5, 5.41) is 0. The molecule has 1 aromatic carbocycles. The molecule has 3 N–H and O–H groups in total. The number of nitrogens with one attached hydrogen (secondary N) is 1. The number of carbonyl (C=O) groups is 1. The molecule has 0 bridgehead atoms. The number of nitrogen functional groups attached to an aromatic ring is 1. The van der Waals surface area contributed by atoms with E-state index < -0.39 is 0 Å². The molecule has 1 fully saturated rings. The van der Waals surface area contributed by atoms with Gasteiger partial charge in [-0.25, -0.2) is 5.84 Å². The van der Waals surface area contributed by atoms with Crippen molar-refractivity contribution in [2.75, 3.05) is 26.7 Å². The van der Waals surface area contributed by atoms with Gasteiger partial charge in [0, 0.05) is 31.2 Å². The second kappa shape index (κ2) is 6.83. The molecule has 0 aromatic heterocycles. The minimum Gasteiger partial charge on any atom is -0.305 e. The third-order valence-electron chi connectivity index (χ3n) is 3.95. The Balaban J connectivity index is 2.15. The Bertz CT molecular complexity index is 463. The van der Waals surface area contributed by atoms with Crippen LogP contribution < -0.4 is 11.3 Å². The molecule has 1 saturated heterocycles. The molecule has 5 heteroatoms. The van der Waals surface area contributed by atoms with E-state index >= 15 is 0 Å². The van der Waals surface area contributed by atoms with Crippen molar-refractivity contribution in [3.8, 4) is 0 Å². The van der Waals surface area contributed by atoms with E-state index in [0.29, 0.717) is 11.6 Å². The lowest BCUT2D eigenvalue weighted by Crippen LogP contribution is -2.38. The molecule has 1 amide bonds. The number of benzene rings is 1. The van der Waals surface area contributed by atoms with Gasteiger partial charge in [-0.1, -0.05) is 18.2 Å². The summed E-state index contributed by atoms with van der Waals surface area (Å²) in [7, 11) is 2.16. The molecule has 1 atom stereocenters. The normalized spacial score (nSPS) is 21.4. The van der Waals surface area contributed by atoms with Crippen molar-refractivity contribution in [2.45, 2.75) is 25.9 Å². The molecule has 0 spiro atoms. The number of hydrazine groups is 1. The maximum absolute atomic E-state index is 11.8. The zero-order chi connectivity index (χ0) is 14.5. The Morgan fingerprint density at radius 2 is 2.15 bits per heavy atom. The zero-order valence-corrected chi connectivity index (χ0v) is 12.3. The fraction of sp³-hybridized carbons (Fsp3) is 0.533. The third-order valence-corrected chi connectivity index (χ3v) is 3.95. The fourth-order valence-corrected chi connectivity index (χ4v) is 2.83. The highest BCUT2D eigenvalue weighted by atomic mass is 16.2. The highest BCUT2D eigenvalue weighted by Crippen LogP contribution is 2.16. The number of hydrogen-bond acceptors (Lipinski definition) is 4. The Labute approximate surface area is 120 Å². The molecular formula is C15H24N4O. The summed E-state index contributed by atoms with van der Waals surface area (Å²) in [5.74, 6) is 5.03. The first-order valence-corrected chi connectivity index (χ1v) is 7.13. The van der Waals surface area contributed by atoms with Crippen LogP contribution in [0.5, 0.6) is 0 Å². The van der Waals surface area contributed by atoms with Gasteiger partial charge in [-0.05, 0) is 38.6 Å². The summed E-state index contributed by atoms with van der Waals surface area (Å²) in [6.07, 6.45) is 1.16. The van der Waals surface area contributed by atoms with Gasteiger partial charge in [-0.15, -0.1) is 0 Å². The van der Waals surface area contributed by atoms with Gasteiger partial charge in [0.15, 0.2) is 0 Å². The van der Waals surface area contributed by atoms with Crippen molar-refractivity contribution in [3.63, 3.8) is 0 Å². The van der Waals surface area contributed by atoms with Crippen LogP contribution in [0.3, 0.4) is 0 Å². The second-order valence-corrected chi connectivity index (χ2v) is 5.57. The summed E-state index contributed by atoms with van der Waals surface area (Å²) >= 11 is 0. The minimum absolute atomic E-state index is 0.222. The first-order valence-electron chi connectivity index (χ1n) is 7.13. The average Bonchev–Trinajstić information content (AvgIpc) is 2.60. The van der Waals surface area contributed by atoms with E-state index in [1.165, 1.54) is 0 Å². The van der Waals surface area contributed by atoms with Crippen LogP contribution in [0.4, 0.5) is 0 Å². The molecule has 1 aromatic rings. The number of hydrogen-bond donors (Lipinski definition) is 2. The molecule has 2 rings (SSSR count). The summed E-state index contributed by atoms with van der Waals surface area (Å²) in [4.78, 5) is 16.6. The van der Waals surface area contributed by atoms with Crippen LogP contribution in [-0.2, 0) is 6.54 Å². The molecule has 1 aliphatic rings. The second-order valence-electron chi connectivity index (χ2n) is 5.57.